The summed E-state index contributed by atoms with van der Waals surface area (Å²) in [6.07, 6.45) is 10.6. The van der Waals surface area contributed by atoms with Crippen LogP contribution in [0.1, 0.15) is 57.8 Å². The van der Waals surface area contributed by atoms with Gasteiger partial charge in [0.15, 0.2) is 0 Å². The maximum Gasteiger partial charge on any atom is 0.223 e. The molecule has 21 heavy (non-hydrogen) atoms. The van der Waals surface area contributed by atoms with Crippen molar-refractivity contribution in [1.82, 2.24) is 5.32 Å². The van der Waals surface area contributed by atoms with Crippen LogP contribution in [-0.2, 0) is 9.53 Å². The van der Waals surface area contributed by atoms with E-state index < -0.39 is 0 Å². The van der Waals surface area contributed by atoms with Crippen LogP contribution in [-0.4, -0.2) is 31.2 Å². The van der Waals surface area contributed by atoms with Crippen molar-refractivity contribution in [2.24, 2.45) is 23.5 Å². The van der Waals surface area contributed by atoms with Crippen LogP contribution < -0.4 is 11.1 Å². The van der Waals surface area contributed by atoms with Crippen molar-refractivity contribution >= 4 is 5.91 Å². The van der Waals surface area contributed by atoms with Crippen LogP contribution >= 0.6 is 0 Å². The number of hydrogen-bond donors (Lipinski definition) is 2. The first-order valence-electron chi connectivity index (χ1n) is 8.82. The second-order valence-corrected chi connectivity index (χ2v) is 7.40. The van der Waals surface area contributed by atoms with E-state index in [2.05, 4.69) is 5.32 Å². The van der Waals surface area contributed by atoms with E-state index in [0.717, 1.165) is 37.5 Å². The van der Waals surface area contributed by atoms with Crippen molar-refractivity contribution in [2.45, 2.75) is 63.3 Å². The van der Waals surface area contributed by atoms with E-state index in [0.29, 0.717) is 19.8 Å². The minimum atomic E-state index is -0.210. The number of rotatable bonds is 3. The largest absolute Gasteiger partial charge is 0.381 e. The molecule has 3 fully saturated rings. The number of amides is 1. The molecule has 1 amide bonds. The average Bonchev–Trinajstić information content (AvgIpc) is 2.55. The number of carbonyl (C=O) groups excluding carboxylic acids is 1. The molecule has 3 N–H and O–H groups in total. The number of hydrogen-bond acceptors (Lipinski definition) is 3. The van der Waals surface area contributed by atoms with E-state index in [1.807, 2.05) is 0 Å². The molecule has 1 aliphatic heterocycles. The lowest BCUT2D eigenvalue weighted by Gasteiger charge is -2.41. The molecule has 3 unspecified atom stereocenters. The molecule has 2 saturated carbocycles. The molecule has 0 aromatic rings. The van der Waals surface area contributed by atoms with Gasteiger partial charge >= 0.3 is 0 Å². The van der Waals surface area contributed by atoms with Gasteiger partial charge < -0.3 is 15.8 Å². The van der Waals surface area contributed by atoms with E-state index in [1.54, 1.807) is 0 Å². The second-order valence-electron chi connectivity index (χ2n) is 7.40. The highest BCUT2D eigenvalue weighted by atomic mass is 16.5. The fourth-order valence-electron chi connectivity index (χ4n) is 4.62. The van der Waals surface area contributed by atoms with Gasteiger partial charge in [0.2, 0.25) is 5.91 Å². The summed E-state index contributed by atoms with van der Waals surface area (Å²) in [7, 11) is 0. The highest BCUT2D eigenvalue weighted by molar-refractivity contribution is 5.79. The molecule has 120 valence electrons. The quantitative estimate of drug-likeness (QED) is 0.839. The lowest BCUT2D eigenvalue weighted by Crippen LogP contribution is -2.58. The first-order chi connectivity index (χ1) is 10.2. The summed E-state index contributed by atoms with van der Waals surface area (Å²) in [5.41, 5.74) is 5.74. The molecule has 2 aliphatic carbocycles. The highest BCUT2D eigenvalue weighted by Gasteiger charge is 2.38. The van der Waals surface area contributed by atoms with E-state index >= 15 is 0 Å². The van der Waals surface area contributed by atoms with Crippen molar-refractivity contribution < 1.29 is 9.53 Å². The van der Waals surface area contributed by atoms with Crippen LogP contribution in [0.3, 0.4) is 0 Å². The van der Waals surface area contributed by atoms with Crippen LogP contribution in [0.4, 0.5) is 0 Å². The molecule has 3 rings (SSSR count). The summed E-state index contributed by atoms with van der Waals surface area (Å²) >= 11 is 0. The maximum atomic E-state index is 12.7. The topological polar surface area (TPSA) is 64.3 Å². The molecule has 1 heterocycles. The zero-order valence-corrected chi connectivity index (χ0v) is 13.1. The molecule has 4 nitrogen and oxygen atoms in total. The van der Waals surface area contributed by atoms with Crippen LogP contribution in [0.15, 0.2) is 0 Å². The summed E-state index contributed by atoms with van der Waals surface area (Å²) < 4.78 is 5.42. The molecular weight excluding hydrogens is 264 g/mol. The summed E-state index contributed by atoms with van der Waals surface area (Å²) in [5.74, 6) is 2.17. The van der Waals surface area contributed by atoms with Gasteiger partial charge in [-0.1, -0.05) is 25.7 Å². The fourth-order valence-corrected chi connectivity index (χ4v) is 4.62. The third-order valence-corrected chi connectivity index (χ3v) is 6.14. The van der Waals surface area contributed by atoms with E-state index in [4.69, 9.17) is 10.5 Å². The number of fused-ring (bicyclic) bond motifs is 1. The van der Waals surface area contributed by atoms with Gasteiger partial charge in [-0.15, -0.1) is 0 Å². The van der Waals surface area contributed by atoms with E-state index in [1.165, 1.54) is 32.1 Å². The average molecular weight is 294 g/mol. The zero-order chi connectivity index (χ0) is 14.7. The van der Waals surface area contributed by atoms with E-state index in [-0.39, 0.29) is 17.4 Å². The van der Waals surface area contributed by atoms with Crippen molar-refractivity contribution in [3.05, 3.63) is 0 Å². The van der Waals surface area contributed by atoms with Crippen molar-refractivity contribution in [3.63, 3.8) is 0 Å². The smallest absolute Gasteiger partial charge is 0.223 e. The Morgan fingerprint density at radius 1 is 1.10 bits per heavy atom. The first kappa shape index (κ1) is 15.3. The number of carbonyl (C=O) groups is 1. The van der Waals surface area contributed by atoms with Gasteiger partial charge in [0.05, 0.1) is 5.54 Å². The lowest BCUT2D eigenvalue weighted by molar-refractivity contribution is -0.130. The molecule has 1 saturated heterocycles. The predicted molar refractivity (Wildman–Crippen MR) is 82.8 cm³/mol. The number of nitrogens with one attached hydrogen (secondary N) is 1. The van der Waals surface area contributed by atoms with Gasteiger partial charge in [-0.05, 0) is 43.9 Å². The Balaban J connectivity index is 1.57. The molecule has 0 bridgehead atoms. The molecule has 0 aromatic carbocycles. The monoisotopic (exact) mass is 294 g/mol. The van der Waals surface area contributed by atoms with Crippen molar-refractivity contribution in [2.75, 3.05) is 19.8 Å². The third kappa shape index (κ3) is 3.42. The second kappa shape index (κ2) is 6.66. The van der Waals surface area contributed by atoms with Gasteiger partial charge in [-0.2, -0.15) is 0 Å². The van der Waals surface area contributed by atoms with Crippen LogP contribution in [0.2, 0.25) is 0 Å². The lowest BCUT2D eigenvalue weighted by atomic mass is 9.67. The SMILES string of the molecule is NCC1(NC(=O)C2CCC3CCCCC3C2)CCOCC1. The number of ether oxygens (including phenoxy) is 1. The van der Waals surface area contributed by atoms with Gasteiger partial charge in [0.1, 0.15) is 0 Å². The Morgan fingerprint density at radius 2 is 1.81 bits per heavy atom. The van der Waals surface area contributed by atoms with Crippen molar-refractivity contribution in [1.29, 1.82) is 0 Å². The maximum absolute atomic E-state index is 12.7. The zero-order valence-electron chi connectivity index (χ0n) is 13.1. The molecular formula is C17H30N2O2. The first-order valence-corrected chi connectivity index (χ1v) is 8.82. The molecule has 0 spiro atoms. The summed E-state index contributed by atoms with van der Waals surface area (Å²) in [6, 6.07) is 0. The minimum absolute atomic E-state index is 0.210. The van der Waals surface area contributed by atoms with Crippen molar-refractivity contribution in [3.8, 4) is 0 Å². The van der Waals surface area contributed by atoms with Crippen LogP contribution in [0.25, 0.3) is 0 Å². The van der Waals surface area contributed by atoms with Gasteiger partial charge in [0.25, 0.3) is 0 Å². The predicted octanol–water partition coefficient (Wildman–Crippen LogP) is 2.22. The van der Waals surface area contributed by atoms with E-state index in [9.17, 15) is 4.79 Å². The highest BCUT2D eigenvalue weighted by Crippen LogP contribution is 2.42. The Bertz CT molecular complexity index is 366. The summed E-state index contributed by atoms with van der Waals surface area (Å²) in [4.78, 5) is 12.7. The van der Waals surface area contributed by atoms with Crippen LogP contribution in [0.5, 0.6) is 0 Å². The van der Waals surface area contributed by atoms with Crippen LogP contribution in [0, 0.1) is 17.8 Å². The fraction of sp³-hybridized carbons (Fsp3) is 0.941. The standard InChI is InChI=1S/C17H30N2O2/c18-12-17(7-9-21-10-8-17)19-16(20)15-6-5-13-3-1-2-4-14(13)11-15/h13-15H,1-12,18H2,(H,19,20). The Kier molecular flexibility index (Phi) is 4.85. The molecule has 0 aromatic heterocycles. The Morgan fingerprint density at radius 3 is 2.52 bits per heavy atom. The van der Waals surface area contributed by atoms with Gasteiger partial charge in [-0.25, -0.2) is 0 Å². The van der Waals surface area contributed by atoms with Gasteiger partial charge in [0, 0.05) is 25.7 Å². The third-order valence-electron chi connectivity index (χ3n) is 6.14. The molecule has 3 atom stereocenters. The number of nitrogens with two attached hydrogens (primary N) is 1. The Labute approximate surface area is 128 Å². The normalized spacial score (nSPS) is 35.8. The summed E-state index contributed by atoms with van der Waals surface area (Å²) in [6.45, 7) is 1.96. The van der Waals surface area contributed by atoms with Gasteiger partial charge in [-0.3, -0.25) is 4.79 Å². The minimum Gasteiger partial charge on any atom is -0.381 e. The molecule has 4 heteroatoms. The summed E-state index contributed by atoms with van der Waals surface area (Å²) in [5, 5.41) is 3.30. The molecule has 0 radical (unpaired) electrons. The molecule has 3 aliphatic rings. The Hall–Kier alpha value is -0.610.